The Hall–Kier alpha value is -1.88. The summed E-state index contributed by atoms with van der Waals surface area (Å²) in [7, 11) is 0. The van der Waals surface area contributed by atoms with Crippen LogP contribution in [0.5, 0.6) is 0 Å². The summed E-state index contributed by atoms with van der Waals surface area (Å²) in [6.45, 7) is 1.69. The highest BCUT2D eigenvalue weighted by Gasteiger charge is 2.09. The molecule has 0 saturated carbocycles. The molecule has 0 bridgehead atoms. The Balaban J connectivity index is 2.49. The van der Waals surface area contributed by atoms with Crippen molar-refractivity contribution >= 4 is 0 Å². The molecule has 2 heterocycles. The Labute approximate surface area is 91.8 Å². The highest BCUT2D eigenvalue weighted by atomic mass is 16.3. The van der Waals surface area contributed by atoms with Crippen LogP contribution in [0.15, 0.2) is 27.8 Å². The molecule has 0 radical (unpaired) electrons. The molecule has 0 amide bonds. The van der Waals surface area contributed by atoms with Gasteiger partial charge in [-0.1, -0.05) is 0 Å². The molecule has 0 aromatic carbocycles. The molecule has 2 rings (SSSR count). The Morgan fingerprint density at radius 3 is 2.94 bits per heavy atom. The van der Waals surface area contributed by atoms with Crippen LogP contribution < -0.4 is 5.56 Å². The summed E-state index contributed by atoms with van der Waals surface area (Å²) < 4.78 is 4.92. The fourth-order valence-electron chi connectivity index (χ4n) is 1.55. The molecule has 0 atom stereocenters. The average molecular weight is 220 g/mol. The zero-order valence-electron chi connectivity index (χ0n) is 8.86. The molecular weight excluding hydrogens is 208 g/mol. The van der Waals surface area contributed by atoms with E-state index < -0.39 is 0 Å². The highest BCUT2D eigenvalue weighted by Crippen LogP contribution is 2.14. The average Bonchev–Trinajstić information content (AvgIpc) is 2.76. The van der Waals surface area contributed by atoms with Gasteiger partial charge in [-0.25, -0.2) is 4.98 Å². The summed E-state index contributed by atoms with van der Waals surface area (Å²) in [5.41, 5.74) is 1.68. The number of aryl methyl sites for hydroxylation is 1. The van der Waals surface area contributed by atoms with Gasteiger partial charge >= 0.3 is 0 Å². The number of furan rings is 1. The van der Waals surface area contributed by atoms with Gasteiger partial charge in [-0.05, 0) is 13.0 Å². The lowest BCUT2D eigenvalue weighted by Gasteiger charge is -2.04. The zero-order chi connectivity index (χ0) is 11.5. The summed E-state index contributed by atoms with van der Waals surface area (Å²) in [6, 6.07) is 1.73. The number of aromatic nitrogens is 2. The van der Waals surface area contributed by atoms with E-state index in [2.05, 4.69) is 9.97 Å². The minimum atomic E-state index is -0.210. The topological polar surface area (TPSA) is 79.1 Å². The first-order valence-electron chi connectivity index (χ1n) is 4.95. The number of nitrogens with zero attached hydrogens (tertiary/aromatic N) is 1. The molecule has 0 aliphatic carbocycles. The Morgan fingerprint density at radius 1 is 1.56 bits per heavy atom. The van der Waals surface area contributed by atoms with Crippen LogP contribution in [0.4, 0.5) is 0 Å². The van der Waals surface area contributed by atoms with Crippen LogP contribution in [-0.4, -0.2) is 21.7 Å². The molecule has 16 heavy (non-hydrogen) atoms. The predicted octanol–water partition coefficient (Wildman–Crippen LogP) is 0.873. The molecule has 2 N–H and O–H groups in total. The second-order valence-electron chi connectivity index (χ2n) is 3.46. The molecule has 0 unspecified atom stereocenters. The van der Waals surface area contributed by atoms with Gasteiger partial charge in [0.15, 0.2) is 0 Å². The normalized spacial score (nSPS) is 10.6. The Morgan fingerprint density at radius 2 is 2.38 bits per heavy atom. The quantitative estimate of drug-likeness (QED) is 0.804. The van der Waals surface area contributed by atoms with Crippen molar-refractivity contribution in [2.24, 2.45) is 0 Å². The summed E-state index contributed by atoms with van der Waals surface area (Å²) in [5.74, 6) is 0.484. The molecule has 5 heteroatoms. The van der Waals surface area contributed by atoms with Crippen LogP contribution >= 0.6 is 0 Å². The number of aliphatic hydroxyl groups is 1. The molecule has 2 aromatic rings. The van der Waals surface area contributed by atoms with E-state index in [4.69, 9.17) is 9.52 Å². The van der Waals surface area contributed by atoms with E-state index in [9.17, 15) is 4.79 Å². The van der Waals surface area contributed by atoms with Crippen LogP contribution in [0.25, 0.3) is 11.4 Å². The number of H-pyrrole nitrogens is 1. The van der Waals surface area contributed by atoms with Crippen molar-refractivity contribution in [3.05, 3.63) is 40.2 Å². The highest BCUT2D eigenvalue weighted by molar-refractivity contribution is 5.52. The molecule has 0 aliphatic rings. The maximum absolute atomic E-state index is 11.7. The second kappa shape index (κ2) is 4.32. The number of aliphatic hydroxyl groups excluding tert-OH is 1. The van der Waals surface area contributed by atoms with Gasteiger partial charge in [0.1, 0.15) is 12.1 Å². The number of nitrogens with one attached hydrogen (secondary N) is 1. The van der Waals surface area contributed by atoms with E-state index >= 15 is 0 Å². The second-order valence-corrected chi connectivity index (χ2v) is 3.46. The molecular formula is C11H12N2O3. The van der Waals surface area contributed by atoms with E-state index in [1.807, 2.05) is 0 Å². The standard InChI is InChI=1S/C11H12N2O3/c1-7-9(2-4-14)11(15)13-10(12-7)8-3-5-16-6-8/h3,5-6,14H,2,4H2,1H3,(H,12,13,15). The van der Waals surface area contributed by atoms with E-state index in [-0.39, 0.29) is 12.2 Å². The largest absolute Gasteiger partial charge is 0.472 e. The third kappa shape index (κ3) is 1.90. The smallest absolute Gasteiger partial charge is 0.254 e. The van der Waals surface area contributed by atoms with Gasteiger partial charge in [0.25, 0.3) is 5.56 Å². The SMILES string of the molecule is Cc1nc(-c2ccoc2)[nH]c(=O)c1CCO. The van der Waals surface area contributed by atoms with Crippen LogP contribution in [0.3, 0.4) is 0 Å². The van der Waals surface area contributed by atoms with Crippen LogP contribution in [0.1, 0.15) is 11.3 Å². The lowest BCUT2D eigenvalue weighted by Crippen LogP contribution is -2.18. The molecule has 2 aromatic heterocycles. The molecule has 84 valence electrons. The van der Waals surface area contributed by atoms with Gasteiger partial charge in [0.05, 0.1) is 11.8 Å². The van der Waals surface area contributed by atoms with Crippen molar-refractivity contribution in [2.45, 2.75) is 13.3 Å². The lowest BCUT2D eigenvalue weighted by atomic mass is 10.1. The summed E-state index contributed by atoms with van der Waals surface area (Å²) in [5, 5.41) is 8.83. The van der Waals surface area contributed by atoms with Gasteiger partial charge in [-0.3, -0.25) is 4.79 Å². The zero-order valence-corrected chi connectivity index (χ0v) is 8.86. The number of hydrogen-bond acceptors (Lipinski definition) is 4. The first-order chi connectivity index (χ1) is 7.72. The van der Waals surface area contributed by atoms with Crippen LogP contribution in [0, 0.1) is 6.92 Å². The van der Waals surface area contributed by atoms with Crippen molar-refractivity contribution in [1.82, 2.24) is 9.97 Å². The third-order valence-electron chi connectivity index (χ3n) is 2.38. The Kier molecular flexibility index (Phi) is 2.87. The summed E-state index contributed by atoms with van der Waals surface area (Å²) in [4.78, 5) is 18.6. The van der Waals surface area contributed by atoms with Crippen molar-refractivity contribution in [1.29, 1.82) is 0 Å². The number of aromatic amines is 1. The third-order valence-corrected chi connectivity index (χ3v) is 2.38. The number of rotatable bonds is 3. The first-order valence-corrected chi connectivity index (χ1v) is 4.95. The van der Waals surface area contributed by atoms with Crippen LogP contribution in [0.2, 0.25) is 0 Å². The minimum absolute atomic E-state index is 0.0589. The molecule has 0 fully saturated rings. The van der Waals surface area contributed by atoms with E-state index in [1.54, 1.807) is 13.0 Å². The maximum Gasteiger partial charge on any atom is 0.254 e. The fourth-order valence-corrected chi connectivity index (χ4v) is 1.55. The maximum atomic E-state index is 11.7. The summed E-state index contributed by atoms with van der Waals surface area (Å²) in [6.07, 6.45) is 3.36. The lowest BCUT2D eigenvalue weighted by molar-refractivity contribution is 0.298. The van der Waals surface area contributed by atoms with Gasteiger partial charge < -0.3 is 14.5 Å². The predicted molar refractivity (Wildman–Crippen MR) is 58.1 cm³/mol. The molecule has 0 saturated heterocycles. The van der Waals surface area contributed by atoms with E-state index in [1.165, 1.54) is 12.5 Å². The van der Waals surface area contributed by atoms with Crippen molar-refractivity contribution < 1.29 is 9.52 Å². The van der Waals surface area contributed by atoms with Gasteiger partial charge in [-0.15, -0.1) is 0 Å². The van der Waals surface area contributed by atoms with Gasteiger partial charge in [0, 0.05) is 24.3 Å². The van der Waals surface area contributed by atoms with E-state index in [0.29, 0.717) is 23.5 Å². The van der Waals surface area contributed by atoms with Crippen LogP contribution in [-0.2, 0) is 6.42 Å². The minimum Gasteiger partial charge on any atom is -0.472 e. The van der Waals surface area contributed by atoms with Gasteiger partial charge in [0.2, 0.25) is 0 Å². The van der Waals surface area contributed by atoms with Crippen molar-refractivity contribution in [3.8, 4) is 11.4 Å². The Bertz CT molecular complexity index is 529. The van der Waals surface area contributed by atoms with Crippen molar-refractivity contribution in [2.75, 3.05) is 6.61 Å². The first kappa shape index (κ1) is 10.6. The number of hydrogen-bond donors (Lipinski definition) is 2. The fraction of sp³-hybridized carbons (Fsp3) is 0.273. The summed E-state index contributed by atoms with van der Waals surface area (Å²) >= 11 is 0. The van der Waals surface area contributed by atoms with Crippen molar-refractivity contribution in [3.63, 3.8) is 0 Å². The molecule has 0 spiro atoms. The van der Waals surface area contributed by atoms with E-state index in [0.717, 1.165) is 5.56 Å². The molecule has 0 aliphatic heterocycles. The monoisotopic (exact) mass is 220 g/mol. The van der Waals surface area contributed by atoms with Gasteiger partial charge in [-0.2, -0.15) is 0 Å². The molecule has 5 nitrogen and oxygen atoms in total.